The van der Waals surface area contributed by atoms with Crippen molar-refractivity contribution in [3.05, 3.63) is 53.3 Å². The smallest absolute Gasteiger partial charge is 0.325 e. The van der Waals surface area contributed by atoms with Crippen LogP contribution in [0.1, 0.15) is 22.8 Å². The van der Waals surface area contributed by atoms with Gasteiger partial charge in [-0.1, -0.05) is 0 Å². The second-order valence-electron chi connectivity index (χ2n) is 6.62. The Hall–Kier alpha value is -4.01. The Bertz CT molecular complexity index is 1060. The number of carbonyl (C=O) groups is 3. The summed E-state index contributed by atoms with van der Waals surface area (Å²) < 4.78 is 21.6. The number of nitrogens with one attached hydrogen (secondary N) is 1. The van der Waals surface area contributed by atoms with Gasteiger partial charge in [-0.05, 0) is 43.3 Å². The molecule has 0 fully saturated rings. The average Bonchev–Trinajstić information content (AvgIpc) is 3.06. The first-order valence-corrected chi connectivity index (χ1v) is 9.27. The van der Waals surface area contributed by atoms with Crippen molar-refractivity contribution in [3.63, 3.8) is 0 Å². The Kier molecular flexibility index (Phi) is 6.44. The number of carbonyl (C=O) groups excluding carboxylic acids is 2. The number of hydrogen-bond acceptors (Lipinski definition) is 7. The first-order chi connectivity index (χ1) is 14.8. The van der Waals surface area contributed by atoms with E-state index in [1.165, 1.54) is 39.3 Å². The fourth-order valence-corrected chi connectivity index (χ4v) is 2.84. The number of hydrogen-bond donors (Lipinski definition) is 2. The second-order valence-corrected chi connectivity index (χ2v) is 6.62. The zero-order valence-electron chi connectivity index (χ0n) is 17.1. The summed E-state index contributed by atoms with van der Waals surface area (Å²) in [5.74, 6) is -0.207. The molecule has 1 aliphatic heterocycles. The van der Waals surface area contributed by atoms with Crippen LogP contribution in [0.2, 0.25) is 0 Å². The van der Waals surface area contributed by atoms with E-state index >= 15 is 0 Å². The van der Waals surface area contributed by atoms with Crippen LogP contribution in [0, 0.1) is 0 Å². The number of fused-ring (bicyclic) bond motifs is 1. The number of allylic oxidation sites excluding steroid dienone is 1. The Labute approximate surface area is 178 Å². The number of benzene rings is 2. The summed E-state index contributed by atoms with van der Waals surface area (Å²) in [6.07, 6.45) is 1.56. The van der Waals surface area contributed by atoms with Gasteiger partial charge in [0.15, 0.2) is 12.4 Å². The van der Waals surface area contributed by atoms with E-state index in [9.17, 15) is 14.4 Å². The molecule has 1 aliphatic rings. The number of ketones is 1. The van der Waals surface area contributed by atoms with Crippen LogP contribution in [-0.2, 0) is 9.59 Å². The molecule has 2 aromatic carbocycles. The van der Waals surface area contributed by atoms with Crippen LogP contribution in [0.25, 0.3) is 6.08 Å². The number of ether oxygens (including phenoxy) is 4. The van der Waals surface area contributed by atoms with Crippen LogP contribution < -0.4 is 24.3 Å². The van der Waals surface area contributed by atoms with Crippen LogP contribution in [0.4, 0.5) is 0 Å². The summed E-state index contributed by atoms with van der Waals surface area (Å²) in [7, 11) is 3.06. The molecule has 2 aromatic rings. The van der Waals surface area contributed by atoms with E-state index in [1.807, 2.05) is 0 Å². The molecule has 3 rings (SSSR count). The van der Waals surface area contributed by atoms with Gasteiger partial charge in [-0.2, -0.15) is 0 Å². The van der Waals surface area contributed by atoms with Crippen molar-refractivity contribution in [2.45, 2.75) is 13.0 Å². The maximum atomic E-state index is 12.7. The van der Waals surface area contributed by atoms with Crippen molar-refractivity contribution in [1.82, 2.24) is 5.32 Å². The molecule has 1 heterocycles. The van der Waals surface area contributed by atoms with Crippen LogP contribution in [0.5, 0.6) is 23.0 Å². The van der Waals surface area contributed by atoms with Gasteiger partial charge in [0, 0.05) is 11.6 Å². The van der Waals surface area contributed by atoms with E-state index in [1.54, 1.807) is 24.3 Å². The third-order valence-corrected chi connectivity index (χ3v) is 4.48. The van der Waals surface area contributed by atoms with Crippen molar-refractivity contribution in [2.24, 2.45) is 0 Å². The highest BCUT2D eigenvalue weighted by atomic mass is 16.5. The summed E-state index contributed by atoms with van der Waals surface area (Å²) in [5, 5.41) is 11.1. The molecule has 0 saturated heterocycles. The number of carboxylic acid groups (broad SMARTS) is 1. The van der Waals surface area contributed by atoms with Crippen molar-refractivity contribution >= 4 is 23.7 Å². The summed E-state index contributed by atoms with van der Waals surface area (Å²) >= 11 is 0. The number of methoxy groups -OCH3 is 2. The van der Waals surface area contributed by atoms with Gasteiger partial charge < -0.3 is 29.4 Å². The average molecular weight is 427 g/mol. The first-order valence-electron chi connectivity index (χ1n) is 9.27. The highest BCUT2D eigenvalue weighted by molar-refractivity contribution is 6.14. The molecule has 1 atom stereocenters. The van der Waals surface area contributed by atoms with E-state index in [0.717, 1.165) is 0 Å². The van der Waals surface area contributed by atoms with E-state index < -0.39 is 17.9 Å². The molecular formula is C22H21NO8. The van der Waals surface area contributed by atoms with Crippen LogP contribution in [-0.4, -0.2) is 49.6 Å². The van der Waals surface area contributed by atoms with Gasteiger partial charge in [-0.25, -0.2) is 0 Å². The highest BCUT2D eigenvalue weighted by Gasteiger charge is 2.28. The second kappa shape index (κ2) is 9.21. The van der Waals surface area contributed by atoms with Gasteiger partial charge in [0.2, 0.25) is 5.78 Å². The predicted molar refractivity (Wildman–Crippen MR) is 110 cm³/mol. The monoisotopic (exact) mass is 427 g/mol. The molecule has 0 radical (unpaired) electrons. The van der Waals surface area contributed by atoms with Gasteiger partial charge in [0.1, 0.15) is 29.0 Å². The maximum absolute atomic E-state index is 12.7. The van der Waals surface area contributed by atoms with E-state index in [2.05, 4.69) is 5.32 Å². The third-order valence-electron chi connectivity index (χ3n) is 4.48. The van der Waals surface area contributed by atoms with Crippen LogP contribution in [0.15, 0.2) is 42.2 Å². The highest BCUT2D eigenvalue weighted by Crippen LogP contribution is 2.36. The lowest BCUT2D eigenvalue weighted by Crippen LogP contribution is -2.40. The number of amides is 1. The van der Waals surface area contributed by atoms with Crippen molar-refractivity contribution < 1.29 is 38.4 Å². The molecule has 0 bridgehead atoms. The Balaban J connectivity index is 1.74. The lowest BCUT2D eigenvalue weighted by molar-refractivity contribution is -0.141. The fourth-order valence-electron chi connectivity index (χ4n) is 2.84. The van der Waals surface area contributed by atoms with Crippen molar-refractivity contribution in [2.75, 3.05) is 20.8 Å². The Morgan fingerprint density at radius 3 is 2.55 bits per heavy atom. The zero-order chi connectivity index (χ0) is 22.5. The molecule has 31 heavy (non-hydrogen) atoms. The van der Waals surface area contributed by atoms with Crippen LogP contribution >= 0.6 is 0 Å². The summed E-state index contributed by atoms with van der Waals surface area (Å²) in [6, 6.07) is 8.71. The van der Waals surface area contributed by atoms with E-state index in [4.69, 9.17) is 24.1 Å². The number of Topliss-reactive ketones (excluding diaryl/α,β-unsaturated/α-hetero) is 1. The Morgan fingerprint density at radius 2 is 1.87 bits per heavy atom. The van der Waals surface area contributed by atoms with Crippen LogP contribution in [0.3, 0.4) is 0 Å². The summed E-state index contributed by atoms with van der Waals surface area (Å²) in [5.41, 5.74) is 0.961. The minimum absolute atomic E-state index is 0.103. The molecule has 0 saturated carbocycles. The molecule has 2 N–H and O–H groups in total. The number of rotatable bonds is 8. The number of aliphatic carboxylic acids is 1. The predicted octanol–water partition coefficient (Wildman–Crippen LogP) is 2.29. The minimum Gasteiger partial charge on any atom is -0.497 e. The topological polar surface area (TPSA) is 120 Å². The maximum Gasteiger partial charge on any atom is 0.325 e. The third kappa shape index (κ3) is 4.95. The molecule has 1 amide bonds. The zero-order valence-corrected chi connectivity index (χ0v) is 17.1. The Morgan fingerprint density at radius 1 is 1.13 bits per heavy atom. The van der Waals surface area contributed by atoms with Gasteiger partial charge in [-0.15, -0.1) is 0 Å². The quantitative estimate of drug-likeness (QED) is 0.616. The van der Waals surface area contributed by atoms with Crippen molar-refractivity contribution in [1.29, 1.82) is 0 Å². The van der Waals surface area contributed by atoms with Gasteiger partial charge in [-0.3, -0.25) is 14.4 Å². The molecule has 9 heteroatoms. The van der Waals surface area contributed by atoms with Gasteiger partial charge in [0.05, 0.1) is 19.8 Å². The summed E-state index contributed by atoms with van der Waals surface area (Å²) in [4.78, 5) is 35.2. The summed E-state index contributed by atoms with van der Waals surface area (Å²) in [6.45, 7) is 0.967. The fraction of sp³-hybridized carbons (Fsp3) is 0.227. The molecular weight excluding hydrogens is 406 g/mol. The normalized spacial score (nSPS) is 14.4. The molecule has 9 nitrogen and oxygen atoms in total. The van der Waals surface area contributed by atoms with E-state index in [-0.39, 0.29) is 23.9 Å². The SMILES string of the molecule is COc1ccc(OC)c(/C=C2\Oc3cc(OCC(=O)N[C@@H](C)C(=O)O)ccc3C2=O)c1. The molecule has 0 spiro atoms. The molecule has 162 valence electrons. The number of carboxylic acids is 1. The van der Waals surface area contributed by atoms with Gasteiger partial charge in [0.25, 0.3) is 5.91 Å². The molecule has 0 aliphatic carbocycles. The van der Waals surface area contributed by atoms with Crippen molar-refractivity contribution in [3.8, 4) is 23.0 Å². The first kappa shape index (κ1) is 21.7. The molecule has 0 unspecified atom stereocenters. The van der Waals surface area contributed by atoms with E-state index in [0.29, 0.717) is 28.4 Å². The van der Waals surface area contributed by atoms with Gasteiger partial charge >= 0.3 is 5.97 Å². The lowest BCUT2D eigenvalue weighted by Gasteiger charge is -2.10. The minimum atomic E-state index is -1.15. The largest absolute Gasteiger partial charge is 0.497 e. The lowest BCUT2D eigenvalue weighted by atomic mass is 10.1. The molecule has 0 aromatic heterocycles. The standard InChI is InChI=1S/C22H21NO8/c1-12(22(26)27)23-20(24)11-30-15-4-6-16-18(10-15)31-19(21(16)25)9-13-8-14(28-2)5-7-17(13)29-3/h4-10,12H,11H2,1-3H3,(H,23,24)(H,26,27)/b19-9-/t12-/m0/s1.